The van der Waals surface area contributed by atoms with Gasteiger partial charge in [-0.15, -0.1) is 0 Å². The Morgan fingerprint density at radius 1 is 1.03 bits per heavy atom. The van der Waals surface area contributed by atoms with E-state index in [2.05, 4.69) is 15.2 Å². The molecule has 33 heavy (non-hydrogen) atoms. The molecule has 2 aromatic heterocycles. The van der Waals surface area contributed by atoms with E-state index in [0.29, 0.717) is 23.3 Å². The van der Waals surface area contributed by atoms with Gasteiger partial charge in [0, 0.05) is 30.3 Å². The molecule has 8 heteroatoms. The zero-order valence-corrected chi connectivity index (χ0v) is 19.8. The van der Waals surface area contributed by atoms with Crippen molar-refractivity contribution >= 4 is 15.5 Å². The molecule has 0 radical (unpaired) electrons. The van der Waals surface area contributed by atoms with E-state index < -0.39 is 9.84 Å². The van der Waals surface area contributed by atoms with Crippen LogP contribution in [0.25, 0.3) is 16.9 Å². The van der Waals surface area contributed by atoms with Crippen LogP contribution in [0.15, 0.2) is 47.6 Å². The van der Waals surface area contributed by atoms with Crippen molar-refractivity contribution in [2.24, 2.45) is 0 Å². The summed E-state index contributed by atoms with van der Waals surface area (Å²) in [5, 5.41) is 3.49. The van der Waals surface area contributed by atoms with Gasteiger partial charge < -0.3 is 14.6 Å². The highest BCUT2D eigenvalue weighted by atomic mass is 32.2. The quantitative estimate of drug-likeness (QED) is 0.627. The standard InChI is InChI=1S/C25H31FN4O2S/c1-33(31,32)22-6-4-19(5-7-22)24-17-30-16-20(15-23(26)25(30)28-24)18-9-13-29(14-10-18)21-3-2-11-27-12-8-21/h4-7,15-18,21,27H,2-3,8-14H2,1H3. The molecule has 3 aromatic rings. The monoisotopic (exact) mass is 470 g/mol. The predicted molar refractivity (Wildman–Crippen MR) is 128 cm³/mol. The molecule has 0 spiro atoms. The highest BCUT2D eigenvalue weighted by Crippen LogP contribution is 2.32. The number of nitrogens with one attached hydrogen (secondary N) is 1. The van der Waals surface area contributed by atoms with Crippen LogP contribution in [-0.2, 0) is 9.84 Å². The summed E-state index contributed by atoms with van der Waals surface area (Å²) in [6.07, 6.45) is 10.8. The number of rotatable bonds is 4. The van der Waals surface area contributed by atoms with E-state index in [9.17, 15) is 12.8 Å². The van der Waals surface area contributed by atoms with Crippen molar-refractivity contribution in [3.8, 4) is 11.3 Å². The number of aromatic nitrogens is 2. The number of imidazole rings is 1. The first kappa shape index (κ1) is 22.5. The number of piperidine rings is 1. The third-order valence-electron chi connectivity index (χ3n) is 7.17. The van der Waals surface area contributed by atoms with E-state index in [4.69, 9.17) is 0 Å². The fourth-order valence-corrected chi connectivity index (χ4v) is 5.91. The van der Waals surface area contributed by atoms with E-state index in [1.807, 2.05) is 12.4 Å². The van der Waals surface area contributed by atoms with Crippen LogP contribution in [-0.4, -0.2) is 61.2 Å². The highest BCUT2D eigenvalue weighted by molar-refractivity contribution is 7.90. The molecule has 0 aliphatic carbocycles. The number of benzene rings is 1. The van der Waals surface area contributed by atoms with Gasteiger partial charge in [0.25, 0.3) is 0 Å². The van der Waals surface area contributed by atoms with Crippen LogP contribution >= 0.6 is 0 Å². The largest absolute Gasteiger partial charge is 0.317 e. The Bertz CT molecular complexity index is 1220. The second-order valence-corrected chi connectivity index (χ2v) is 11.4. The van der Waals surface area contributed by atoms with Gasteiger partial charge in [-0.2, -0.15) is 0 Å². The SMILES string of the molecule is CS(=O)(=O)c1ccc(-c2cn3cc(C4CCN(C5CCCNCC5)CC4)cc(F)c3n2)cc1. The maximum atomic E-state index is 15.0. The molecule has 5 rings (SSSR count). The van der Waals surface area contributed by atoms with Gasteiger partial charge in [0.15, 0.2) is 21.3 Å². The lowest BCUT2D eigenvalue weighted by Gasteiger charge is -2.37. The summed E-state index contributed by atoms with van der Waals surface area (Å²) in [5.74, 6) is 0.0349. The third kappa shape index (κ3) is 4.83. The van der Waals surface area contributed by atoms with Gasteiger partial charge in [0.1, 0.15) is 0 Å². The third-order valence-corrected chi connectivity index (χ3v) is 8.30. The number of halogens is 1. The van der Waals surface area contributed by atoms with Gasteiger partial charge in [0.05, 0.1) is 10.6 Å². The highest BCUT2D eigenvalue weighted by Gasteiger charge is 2.27. The molecule has 1 aromatic carbocycles. The minimum atomic E-state index is -3.26. The van der Waals surface area contributed by atoms with E-state index >= 15 is 0 Å². The van der Waals surface area contributed by atoms with Crippen LogP contribution in [0.1, 0.15) is 43.6 Å². The first-order valence-corrected chi connectivity index (χ1v) is 13.7. The van der Waals surface area contributed by atoms with Crippen molar-refractivity contribution in [3.63, 3.8) is 0 Å². The topological polar surface area (TPSA) is 66.7 Å². The molecule has 0 saturated carbocycles. The molecule has 4 heterocycles. The Labute approximate surface area is 194 Å². The van der Waals surface area contributed by atoms with Gasteiger partial charge in [-0.3, -0.25) is 0 Å². The van der Waals surface area contributed by atoms with E-state index in [-0.39, 0.29) is 10.7 Å². The molecule has 1 unspecified atom stereocenters. The Hall–Kier alpha value is -2.29. The van der Waals surface area contributed by atoms with Crippen LogP contribution in [0.3, 0.4) is 0 Å². The normalized spacial score (nSPS) is 21.3. The van der Waals surface area contributed by atoms with Crippen molar-refractivity contribution in [3.05, 3.63) is 54.1 Å². The molecule has 1 N–H and O–H groups in total. The summed E-state index contributed by atoms with van der Waals surface area (Å²) in [6.45, 7) is 4.36. The molecule has 0 bridgehead atoms. The Balaban J connectivity index is 1.33. The zero-order chi connectivity index (χ0) is 23.0. The maximum absolute atomic E-state index is 15.0. The number of pyridine rings is 1. The van der Waals surface area contributed by atoms with Crippen molar-refractivity contribution in [1.29, 1.82) is 0 Å². The number of fused-ring (bicyclic) bond motifs is 1. The Morgan fingerprint density at radius 3 is 2.52 bits per heavy atom. The first-order chi connectivity index (χ1) is 15.9. The molecule has 0 amide bonds. The lowest BCUT2D eigenvalue weighted by molar-refractivity contribution is 0.141. The predicted octanol–water partition coefficient (Wildman–Crippen LogP) is 3.87. The molecule has 6 nitrogen and oxygen atoms in total. The average Bonchev–Trinajstić information content (AvgIpc) is 3.06. The summed E-state index contributed by atoms with van der Waals surface area (Å²) in [7, 11) is -3.26. The van der Waals surface area contributed by atoms with Crippen molar-refractivity contribution < 1.29 is 12.8 Å². The zero-order valence-electron chi connectivity index (χ0n) is 19.0. The summed E-state index contributed by atoms with van der Waals surface area (Å²) in [4.78, 5) is 7.36. The van der Waals surface area contributed by atoms with E-state index in [1.54, 1.807) is 34.7 Å². The maximum Gasteiger partial charge on any atom is 0.175 e. The molecule has 1 atom stereocenters. The van der Waals surface area contributed by atoms with E-state index in [1.165, 1.54) is 25.5 Å². The summed E-state index contributed by atoms with van der Waals surface area (Å²) < 4.78 is 40.2. The van der Waals surface area contributed by atoms with Crippen molar-refractivity contribution in [2.75, 3.05) is 32.4 Å². The number of hydrogen-bond acceptors (Lipinski definition) is 5. The molecule has 2 saturated heterocycles. The molecular weight excluding hydrogens is 439 g/mol. The summed E-state index contributed by atoms with van der Waals surface area (Å²) in [6, 6.07) is 8.88. The number of likely N-dealkylation sites (tertiary alicyclic amines) is 1. The average molecular weight is 471 g/mol. The van der Waals surface area contributed by atoms with Crippen LogP contribution in [0.2, 0.25) is 0 Å². The second-order valence-electron chi connectivity index (χ2n) is 9.42. The molecule has 2 aliphatic heterocycles. The molecule has 2 aliphatic rings. The first-order valence-electron chi connectivity index (χ1n) is 11.8. The number of nitrogens with zero attached hydrogens (tertiary/aromatic N) is 3. The fourth-order valence-electron chi connectivity index (χ4n) is 5.28. The minimum absolute atomic E-state index is 0.259. The lowest BCUT2D eigenvalue weighted by Crippen LogP contribution is -2.41. The molecule has 176 valence electrons. The summed E-state index contributed by atoms with van der Waals surface area (Å²) in [5.41, 5.74) is 2.71. The molecule has 2 fully saturated rings. The Morgan fingerprint density at radius 2 is 1.79 bits per heavy atom. The summed E-state index contributed by atoms with van der Waals surface area (Å²) >= 11 is 0. The minimum Gasteiger partial charge on any atom is -0.317 e. The van der Waals surface area contributed by atoms with Gasteiger partial charge in [-0.05, 0) is 88.0 Å². The Kier molecular flexibility index (Phi) is 6.24. The number of hydrogen-bond donors (Lipinski definition) is 1. The lowest BCUT2D eigenvalue weighted by atomic mass is 9.89. The van der Waals surface area contributed by atoms with Crippen molar-refractivity contribution in [2.45, 2.75) is 49.0 Å². The fraction of sp³-hybridized carbons (Fsp3) is 0.480. The van der Waals surface area contributed by atoms with Crippen LogP contribution < -0.4 is 5.32 Å². The smallest absolute Gasteiger partial charge is 0.175 e. The van der Waals surface area contributed by atoms with Crippen LogP contribution in [0, 0.1) is 5.82 Å². The van der Waals surface area contributed by atoms with Gasteiger partial charge in [-0.1, -0.05) is 12.1 Å². The second kappa shape index (κ2) is 9.16. The number of sulfone groups is 1. The molecular formula is C25H31FN4O2S. The van der Waals surface area contributed by atoms with Gasteiger partial charge >= 0.3 is 0 Å². The van der Waals surface area contributed by atoms with Crippen LogP contribution in [0.4, 0.5) is 4.39 Å². The van der Waals surface area contributed by atoms with Crippen LogP contribution in [0.5, 0.6) is 0 Å². The van der Waals surface area contributed by atoms with Gasteiger partial charge in [-0.25, -0.2) is 17.8 Å². The van der Waals surface area contributed by atoms with Crippen molar-refractivity contribution in [1.82, 2.24) is 19.6 Å². The van der Waals surface area contributed by atoms with Gasteiger partial charge in [0.2, 0.25) is 0 Å². The van der Waals surface area contributed by atoms with E-state index in [0.717, 1.165) is 50.1 Å².